The van der Waals surface area contributed by atoms with Crippen molar-refractivity contribution in [2.24, 2.45) is 0 Å². The Morgan fingerprint density at radius 3 is 2.60 bits per heavy atom. The van der Waals surface area contributed by atoms with Crippen LogP contribution in [0.15, 0.2) is 51.9 Å². The van der Waals surface area contributed by atoms with Crippen molar-refractivity contribution in [2.75, 3.05) is 23.0 Å². The molecule has 0 radical (unpaired) electrons. The predicted molar refractivity (Wildman–Crippen MR) is 136 cm³/mol. The minimum absolute atomic E-state index is 0.463. The van der Waals surface area contributed by atoms with E-state index >= 15 is 0 Å². The highest BCUT2D eigenvalue weighted by Gasteiger charge is 2.38. The van der Waals surface area contributed by atoms with Crippen LogP contribution in [-0.4, -0.2) is 50.0 Å². The smallest absolute Gasteiger partial charge is 0.408 e. The molecule has 35 heavy (non-hydrogen) atoms. The molecule has 3 aromatic heterocycles. The Morgan fingerprint density at radius 1 is 1.03 bits per heavy atom. The first-order valence-electron chi connectivity index (χ1n) is 12.0. The van der Waals surface area contributed by atoms with Crippen LogP contribution in [0.3, 0.4) is 0 Å². The van der Waals surface area contributed by atoms with Crippen LogP contribution in [0.4, 0.5) is 29.0 Å². The van der Waals surface area contributed by atoms with Crippen LogP contribution in [0.25, 0.3) is 11.1 Å². The summed E-state index contributed by atoms with van der Waals surface area (Å²) < 4.78 is 5.06. The van der Waals surface area contributed by atoms with Crippen molar-refractivity contribution in [3.8, 4) is 0 Å². The molecule has 2 saturated heterocycles. The average Bonchev–Trinajstić information content (AvgIpc) is 3.29. The van der Waals surface area contributed by atoms with Crippen molar-refractivity contribution in [1.29, 1.82) is 0 Å². The van der Waals surface area contributed by atoms with Crippen molar-refractivity contribution in [1.82, 2.24) is 24.8 Å². The van der Waals surface area contributed by atoms with Crippen LogP contribution in [-0.2, 0) is 0 Å². The number of anilines is 5. The van der Waals surface area contributed by atoms with Crippen molar-refractivity contribution >= 4 is 40.1 Å². The molecule has 5 heterocycles. The monoisotopic (exact) mass is 472 g/mol. The van der Waals surface area contributed by atoms with Gasteiger partial charge in [0.15, 0.2) is 5.58 Å². The quantitative estimate of drug-likeness (QED) is 0.328. The van der Waals surface area contributed by atoms with E-state index in [-0.39, 0.29) is 0 Å². The van der Waals surface area contributed by atoms with E-state index in [1.165, 1.54) is 25.7 Å². The Bertz CT molecular complexity index is 1400. The zero-order chi connectivity index (χ0) is 23.9. The first-order valence-corrected chi connectivity index (χ1v) is 12.0. The Balaban J connectivity index is 1.12. The summed E-state index contributed by atoms with van der Waals surface area (Å²) in [5.74, 6) is 1.54. The molecule has 0 spiro atoms. The Hall–Kier alpha value is -3.92. The zero-order valence-corrected chi connectivity index (χ0v) is 19.7. The third-order valence-electron chi connectivity index (χ3n) is 7.12. The van der Waals surface area contributed by atoms with Gasteiger partial charge in [-0.1, -0.05) is 0 Å². The van der Waals surface area contributed by atoms with Gasteiger partial charge >= 0.3 is 5.76 Å². The number of nitrogens with one attached hydrogen (secondary N) is 4. The fourth-order valence-corrected chi connectivity index (χ4v) is 5.22. The highest BCUT2D eigenvalue weighted by molar-refractivity contribution is 5.78. The van der Waals surface area contributed by atoms with Crippen molar-refractivity contribution in [3.05, 3.63) is 58.8 Å². The van der Waals surface area contributed by atoms with E-state index in [9.17, 15) is 4.79 Å². The number of piperidine rings is 1. The third kappa shape index (κ3) is 4.44. The number of oxazole rings is 1. The lowest BCUT2D eigenvalue weighted by Gasteiger charge is -2.36. The molecule has 2 bridgehead atoms. The molecule has 10 heteroatoms. The van der Waals surface area contributed by atoms with E-state index in [1.54, 1.807) is 24.5 Å². The number of H-pyrrole nitrogens is 1. The van der Waals surface area contributed by atoms with Gasteiger partial charge in [0.05, 0.1) is 17.4 Å². The maximum absolute atomic E-state index is 11.4. The zero-order valence-electron chi connectivity index (χ0n) is 19.7. The van der Waals surface area contributed by atoms with Gasteiger partial charge in [0.1, 0.15) is 11.6 Å². The van der Waals surface area contributed by atoms with Crippen molar-refractivity contribution in [3.63, 3.8) is 0 Å². The first kappa shape index (κ1) is 21.6. The van der Waals surface area contributed by atoms with Crippen LogP contribution in [0.5, 0.6) is 0 Å². The Labute approximate surface area is 202 Å². The number of pyridine rings is 1. The molecular formula is C25H28N8O2. The van der Waals surface area contributed by atoms with Gasteiger partial charge in [-0.25, -0.2) is 14.8 Å². The molecule has 2 aliphatic rings. The Kier molecular flexibility index (Phi) is 5.37. The van der Waals surface area contributed by atoms with Gasteiger partial charge in [-0.3, -0.25) is 4.98 Å². The molecule has 4 aromatic rings. The number of aromatic amines is 1. The van der Waals surface area contributed by atoms with Crippen LogP contribution < -0.4 is 21.7 Å². The molecule has 1 aromatic carbocycles. The second-order valence-electron chi connectivity index (χ2n) is 9.50. The first-order chi connectivity index (χ1) is 17.0. The van der Waals surface area contributed by atoms with Gasteiger partial charge in [0, 0.05) is 35.6 Å². The molecule has 2 unspecified atom stereocenters. The average molecular weight is 473 g/mol. The van der Waals surface area contributed by atoms with Crippen molar-refractivity contribution in [2.45, 2.75) is 50.7 Å². The van der Waals surface area contributed by atoms with Gasteiger partial charge in [0.25, 0.3) is 0 Å². The van der Waals surface area contributed by atoms with Gasteiger partial charge in [-0.05, 0) is 70.0 Å². The molecule has 2 fully saturated rings. The summed E-state index contributed by atoms with van der Waals surface area (Å²) in [6.07, 6.45) is 8.51. The lowest BCUT2D eigenvalue weighted by Crippen LogP contribution is -2.44. The molecular weight excluding hydrogens is 444 g/mol. The molecule has 10 nitrogen and oxygen atoms in total. The molecule has 4 N–H and O–H groups in total. The predicted octanol–water partition coefficient (Wildman–Crippen LogP) is 4.14. The van der Waals surface area contributed by atoms with Crippen LogP contribution in [0.2, 0.25) is 0 Å². The number of rotatable bonds is 6. The van der Waals surface area contributed by atoms with E-state index < -0.39 is 5.76 Å². The second kappa shape index (κ2) is 8.70. The SMILES string of the molecule is Cc1cnc(Nc2ccc(NC3CC4CCC(C3)N4C)nc2)nc1Nc1ccc2oc(=O)[nH]c2c1. The maximum Gasteiger partial charge on any atom is 0.417 e. The second-order valence-corrected chi connectivity index (χ2v) is 9.50. The summed E-state index contributed by atoms with van der Waals surface area (Å²) >= 11 is 0. The normalized spacial score (nSPS) is 21.8. The molecule has 2 atom stereocenters. The summed E-state index contributed by atoms with van der Waals surface area (Å²) in [6.45, 7) is 1.93. The summed E-state index contributed by atoms with van der Waals surface area (Å²) in [6, 6.07) is 11.2. The number of aromatic nitrogens is 4. The third-order valence-corrected chi connectivity index (χ3v) is 7.12. The van der Waals surface area contributed by atoms with Crippen LogP contribution in [0.1, 0.15) is 31.2 Å². The largest absolute Gasteiger partial charge is 0.417 e. The van der Waals surface area contributed by atoms with E-state index in [0.29, 0.717) is 41.0 Å². The molecule has 2 aliphatic heterocycles. The maximum atomic E-state index is 11.4. The number of benzene rings is 1. The standard InChI is InChI=1S/C25H28N8O2/c1-14-12-27-24(32-23(14)29-15-3-7-21-20(11-15)31-25(34)35-21)30-16-4-8-22(26-13-16)28-17-9-18-5-6-19(10-17)33(18)2/h3-4,7-8,11-13,17-19H,5-6,9-10H2,1-2H3,(H,26,28)(H,31,34)(H2,27,29,30,32). The lowest BCUT2D eigenvalue weighted by molar-refractivity contribution is 0.169. The van der Waals surface area contributed by atoms with Crippen molar-refractivity contribution < 1.29 is 4.42 Å². The number of aryl methyl sites for hydroxylation is 1. The summed E-state index contributed by atoms with van der Waals surface area (Å²) in [7, 11) is 2.26. The van der Waals surface area contributed by atoms with E-state index in [0.717, 1.165) is 22.8 Å². The molecule has 0 saturated carbocycles. The van der Waals surface area contributed by atoms with Crippen LogP contribution in [0, 0.1) is 6.92 Å². The fourth-order valence-electron chi connectivity index (χ4n) is 5.22. The highest BCUT2D eigenvalue weighted by Crippen LogP contribution is 2.35. The summed E-state index contributed by atoms with van der Waals surface area (Å²) in [4.78, 5) is 30.2. The minimum atomic E-state index is -0.477. The summed E-state index contributed by atoms with van der Waals surface area (Å²) in [5, 5.41) is 10.1. The van der Waals surface area contributed by atoms with Gasteiger partial charge in [-0.2, -0.15) is 4.98 Å². The molecule has 6 rings (SSSR count). The van der Waals surface area contributed by atoms with E-state index in [1.807, 2.05) is 25.1 Å². The minimum Gasteiger partial charge on any atom is -0.408 e. The topological polar surface area (TPSA) is 124 Å². The lowest BCUT2D eigenvalue weighted by atomic mass is 9.98. The fraction of sp³-hybridized carbons (Fsp3) is 0.360. The van der Waals surface area contributed by atoms with Gasteiger partial charge in [0.2, 0.25) is 5.95 Å². The molecule has 0 amide bonds. The number of hydrogen-bond acceptors (Lipinski definition) is 9. The molecule has 0 aliphatic carbocycles. The number of fused-ring (bicyclic) bond motifs is 3. The van der Waals surface area contributed by atoms with Crippen LogP contribution >= 0.6 is 0 Å². The number of hydrogen-bond donors (Lipinski definition) is 4. The van der Waals surface area contributed by atoms with E-state index in [4.69, 9.17) is 4.42 Å². The highest BCUT2D eigenvalue weighted by atomic mass is 16.4. The summed E-state index contributed by atoms with van der Waals surface area (Å²) in [5.41, 5.74) is 3.61. The van der Waals surface area contributed by atoms with Gasteiger partial charge in [-0.15, -0.1) is 0 Å². The number of nitrogens with zero attached hydrogens (tertiary/aromatic N) is 4. The van der Waals surface area contributed by atoms with E-state index in [2.05, 4.69) is 47.8 Å². The molecule has 180 valence electrons. The van der Waals surface area contributed by atoms with Gasteiger partial charge < -0.3 is 25.3 Å². The Morgan fingerprint density at radius 2 is 1.83 bits per heavy atom.